The zero-order chi connectivity index (χ0) is 15.1. The van der Waals surface area contributed by atoms with Crippen molar-refractivity contribution in [1.82, 2.24) is 10.6 Å². The summed E-state index contributed by atoms with van der Waals surface area (Å²) < 4.78 is 5.64. The lowest BCUT2D eigenvalue weighted by Crippen LogP contribution is -2.47. The molecule has 2 fully saturated rings. The number of ether oxygens (including phenoxy) is 1. The van der Waals surface area contributed by atoms with Crippen molar-refractivity contribution in [2.75, 3.05) is 33.4 Å². The minimum atomic E-state index is 0.508. The van der Waals surface area contributed by atoms with Gasteiger partial charge in [0.25, 0.3) is 0 Å². The number of aliphatic imine (C=N–C) groups is 1. The van der Waals surface area contributed by atoms with Gasteiger partial charge in [0.2, 0.25) is 0 Å². The van der Waals surface area contributed by atoms with Gasteiger partial charge >= 0.3 is 0 Å². The first-order valence-corrected chi connectivity index (χ1v) is 8.66. The van der Waals surface area contributed by atoms with Crippen LogP contribution in [0.3, 0.4) is 0 Å². The van der Waals surface area contributed by atoms with Gasteiger partial charge in [0.1, 0.15) is 0 Å². The van der Waals surface area contributed by atoms with E-state index in [1.165, 1.54) is 38.5 Å². The van der Waals surface area contributed by atoms with Crippen molar-refractivity contribution in [1.29, 1.82) is 0 Å². The maximum Gasteiger partial charge on any atom is 0.191 e. The van der Waals surface area contributed by atoms with Gasteiger partial charge < -0.3 is 15.4 Å². The van der Waals surface area contributed by atoms with Gasteiger partial charge in [0.15, 0.2) is 5.96 Å². The maximum absolute atomic E-state index is 5.64. The Labute approximate surface area is 130 Å². The van der Waals surface area contributed by atoms with E-state index < -0.39 is 0 Å². The van der Waals surface area contributed by atoms with Crippen LogP contribution in [0.15, 0.2) is 4.99 Å². The fourth-order valence-corrected chi connectivity index (χ4v) is 3.26. The fourth-order valence-electron chi connectivity index (χ4n) is 3.26. The first kappa shape index (κ1) is 16.6. The molecule has 0 radical (unpaired) electrons. The molecule has 2 aliphatic rings. The average molecular weight is 295 g/mol. The molecule has 4 nitrogen and oxygen atoms in total. The summed E-state index contributed by atoms with van der Waals surface area (Å²) >= 11 is 0. The minimum absolute atomic E-state index is 0.508. The molecule has 21 heavy (non-hydrogen) atoms. The van der Waals surface area contributed by atoms with E-state index in [1.54, 1.807) is 0 Å². The van der Waals surface area contributed by atoms with Crippen molar-refractivity contribution in [3.63, 3.8) is 0 Å². The molecule has 0 saturated heterocycles. The average Bonchev–Trinajstić information content (AvgIpc) is 3.22. The van der Waals surface area contributed by atoms with Gasteiger partial charge in [-0.1, -0.05) is 20.3 Å². The minimum Gasteiger partial charge on any atom is -0.379 e. The largest absolute Gasteiger partial charge is 0.379 e. The van der Waals surface area contributed by atoms with Gasteiger partial charge in [0, 0.05) is 26.7 Å². The van der Waals surface area contributed by atoms with Gasteiger partial charge in [-0.25, -0.2) is 0 Å². The first-order valence-electron chi connectivity index (χ1n) is 8.66. The van der Waals surface area contributed by atoms with E-state index in [2.05, 4.69) is 29.5 Å². The Morgan fingerprint density at radius 1 is 1.29 bits per heavy atom. The highest BCUT2D eigenvalue weighted by atomic mass is 16.5. The van der Waals surface area contributed by atoms with Gasteiger partial charge in [-0.2, -0.15) is 0 Å². The molecular formula is C17H33N3O. The van der Waals surface area contributed by atoms with E-state index in [4.69, 9.17) is 4.74 Å². The van der Waals surface area contributed by atoms with Crippen LogP contribution < -0.4 is 10.6 Å². The van der Waals surface area contributed by atoms with E-state index in [9.17, 15) is 0 Å². The van der Waals surface area contributed by atoms with Crippen molar-refractivity contribution in [2.45, 2.75) is 52.4 Å². The van der Waals surface area contributed by atoms with Crippen molar-refractivity contribution in [2.24, 2.45) is 22.2 Å². The van der Waals surface area contributed by atoms with E-state index in [0.29, 0.717) is 5.41 Å². The molecule has 2 rings (SSSR count). The molecule has 0 amide bonds. The smallest absolute Gasteiger partial charge is 0.191 e. The fraction of sp³-hybridized carbons (Fsp3) is 0.941. The predicted octanol–water partition coefficient (Wildman–Crippen LogP) is 2.79. The van der Waals surface area contributed by atoms with E-state index >= 15 is 0 Å². The molecule has 0 unspecified atom stereocenters. The number of hydrogen-bond acceptors (Lipinski definition) is 2. The zero-order valence-corrected chi connectivity index (χ0v) is 14.1. The van der Waals surface area contributed by atoms with Crippen LogP contribution in [0.25, 0.3) is 0 Å². The highest BCUT2D eigenvalue weighted by molar-refractivity contribution is 5.79. The molecule has 4 heteroatoms. The van der Waals surface area contributed by atoms with Crippen molar-refractivity contribution < 1.29 is 4.74 Å². The van der Waals surface area contributed by atoms with Crippen molar-refractivity contribution >= 4 is 5.96 Å². The van der Waals surface area contributed by atoms with Gasteiger partial charge in [-0.15, -0.1) is 0 Å². The third kappa shape index (κ3) is 5.85. The Bertz CT molecular complexity index is 333. The second-order valence-electron chi connectivity index (χ2n) is 7.32. The summed E-state index contributed by atoms with van der Waals surface area (Å²) in [5, 5.41) is 6.86. The Morgan fingerprint density at radius 3 is 2.57 bits per heavy atom. The highest BCUT2D eigenvalue weighted by Crippen LogP contribution is 2.45. The topological polar surface area (TPSA) is 45.7 Å². The van der Waals surface area contributed by atoms with Crippen LogP contribution in [-0.4, -0.2) is 39.3 Å². The number of hydrogen-bond donors (Lipinski definition) is 2. The Hall–Kier alpha value is -0.770. The predicted molar refractivity (Wildman–Crippen MR) is 88.6 cm³/mol. The number of nitrogens with one attached hydrogen (secondary N) is 2. The molecule has 0 aromatic heterocycles. The molecule has 0 aliphatic heterocycles. The second-order valence-corrected chi connectivity index (χ2v) is 7.32. The quantitative estimate of drug-likeness (QED) is 0.390. The molecule has 2 N–H and O–H groups in total. The summed E-state index contributed by atoms with van der Waals surface area (Å²) in [5.74, 6) is 2.54. The van der Waals surface area contributed by atoms with Gasteiger partial charge in [-0.05, 0) is 49.4 Å². The standard InChI is InChI=1S/C17H33N3O/c1-14(2)11-17(7-4-8-17)13-20-16(18-3)19-9-10-21-12-15-5-6-15/h14-15H,4-13H2,1-3H3,(H2,18,19,20). The summed E-state index contributed by atoms with van der Waals surface area (Å²) in [7, 11) is 1.84. The molecule has 0 spiro atoms. The van der Waals surface area contributed by atoms with E-state index in [1.807, 2.05) is 7.05 Å². The van der Waals surface area contributed by atoms with Crippen LogP contribution in [0.2, 0.25) is 0 Å². The van der Waals surface area contributed by atoms with Crippen LogP contribution >= 0.6 is 0 Å². The van der Waals surface area contributed by atoms with Crippen LogP contribution in [0.5, 0.6) is 0 Å². The molecule has 0 atom stereocenters. The second kappa shape index (κ2) is 8.02. The molecule has 0 aromatic carbocycles. The lowest BCUT2D eigenvalue weighted by Gasteiger charge is -2.43. The highest BCUT2D eigenvalue weighted by Gasteiger charge is 2.37. The van der Waals surface area contributed by atoms with Crippen LogP contribution in [-0.2, 0) is 4.74 Å². The molecule has 2 aliphatic carbocycles. The first-order chi connectivity index (χ1) is 10.1. The summed E-state index contributed by atoms with van der Waals surface area (Å²) in [6.45, 7) is 8.24. The SMILES string of the molecule is CN=C(NCCOCC1CC1)NCC1(CC(C)C)CCC1. The van der Waals surface area contributed by atoms with Crippen LogP contribution in [0.4, 0.5) is 0 Å². The zero-order valence-electron chi connectivity index (χ0n) is 14.1. The van der Waals surface area contributed by atoms with Crippen molar-refractivity contribution in [3.8, 4) is 0 Å². The maximum atomic E-state index is 5.64. The van der Waals surface area contributed by atoms with Crippen molar-refractivity contribution in [3.05, 3.63) is 0 Å². The summed E-state index contributed by atoms with van der Waals surface area (Å²) in [6, 6.07) is 0. The van der Waals surface area contributed by atoms with Crippen LogP contribution in [0.1, 0.15) is 52.4 Å². The third-order valence-corrected chi connectivity index (χ3v) is 4.70. The molecule has 122 valence electrons. The Morgan fingerprint density at radius 2 is 2.05 bits per heavy atom. The Balaban J connectivity index is 1.59. The summed E-state index contributed by atoms with van der Waals surface area (Å²) in [4.78, 5) is 4.31. The number of guanidine groups is 1. The van der Waals surface area contributed by atoms with E-state index in [-0.39, 0.29) is 0 Å². The molecule has 2 saturated carbocycles. The summed E-state index contributed by atoms with van der Waals surface area (Å²) in [5.41, 5.74) is 0.508. The molecular weight excluding hydrogens is 262 g/mol. The van der Waals surface area contributed by atoms with Gasteiger partial charge in [-0.3, -0.25) is 4.99 Å². The van der Waals surface area contributed by atoms with E-state index in [0.717, 1.165) is 44.1 Å². The molecule has 0 aromatic rings. The monoisotopic (exact) mass is 295 g/mol. The summed E-state index contributed by atoms with van der Waals surface area (Å²) in [6.07, 6.45) is 8.14. The van der Waals surface area contributed by atoms with Gasteiger partial charge in [0.05, 0.1) is 6.61 Å². The molecule has 0 bridgehead atoms. The normalized spacial score (nSPS) is 21.2. The third-order valence-electron chi connectivity index (χ3n) is 4.70. The van der Waals surface area contributed by atoms with Crippen LogP contribution in [0, 0.1) is 17.3 Å². The Kier molecular flexibility index (Phi) is 6.34. The number of nitrogens with zero attached hydrogens (tertiary/aromatic N) is 1. The lowest BCUT2D eigenvalue weighted by molar-refractivity contribution is 0.104. The number of rotatable bonds is 9. The lowest BCUT2D eigenvalue weighted by atomic mass is 9.64. The molecule has 0 heterocycles.